The van der Waals surface area contributed by atoms with Gasteiger partial charge in [-0.1, -0.05) is 26.0 Å². The fourth-order valence-corrected chi connectivity index (χ4v) is 7.65. The van der Waals surface area contributed by atoms with Crippen molar-refractivity contribution in [1.29, 1.82) is 0 Å². The van der Waals surface area contributed by atoms with Crippen molar-refractivity contribution in [2.24, 2.45) is 39.9 Å². The van der Waals surface area contributed by atoms with Crippen LogP contribution in [0.2, 0.25) is 0 Å². The number of rotatable bonds is 0. The minimum absolute atomic E-state index is 0.0426. The minimum Gasteiger partial charge on any atom is -0.298 e. The van der Waals surface area contributed by atoms with Crippen LogP contribution in [0.25, 0.3) is 0 Å². The monoisotopic (exact) mass is 318 g/mol. The Morgan fingerprint density at radius 2 is 1.91 bits per heavy atom. The SMILES string of the molecule is C=C1[C@H]2CC[C@@]34C(=O)C5[C@H](C[C@H]3[C@]2(C)CC[C@@H]1Cl)[C@@]5(C)C4=O. The van der Waals surface area contributed by atoms with Crippen LogP contribution >= 0.6 is 11.6 Å². The van der Waals surface area contributed by atoms with Crippen LogP contribution in [0.3, 0.4) is 0 Å². The second kappa shape index (κ2) is 3.55. The number of hydrogen-bond acceptors (Lipinski definition) is 2. The van der Waals surface area contributed by atoms with Gasteiger partial charge in [0.25, 0.3) is 0 Å². The normalized spacial score (nSPS) is 61.8. The first-order chi connectivity index (χ1) is 10.3. The molecule has 22 heavy (non-hydrogen) atoms. The molecule has 6 saturated carbocycles. The first-order valence-electron chi connectivity index (χ1n) is 8.71. The summed E-state index contributed by atoms with van der Waals surface area (Å²) >= 11 is 6.45. The van der Waals surface area contributed by atoms with Crippen molar-refractivity contribution in [2.45, 2.75) is 51.3 Å². The first kappa shape index (κ1) is 13.8. The molecule has 8 atom stereocenters. The summed E-state index contributed by atoms with van der Waals surface area (Å²) in [5.41, 5.74) is 0.266. The Bertz CT molecular complexity index is 654. The van der Waals surface area contributed by atoms with Crippen LogP contribution in [0.15, 0.2) is 12.2 Å². The maximum atomic E-state index is 13.2. The molecule has 6 fully saturated rings. The highest BCUT2D eigenvalue weighted by atomic mass is 35.5. The second-order valence-electron chi connectivity index (χ2n) is 9.00. The van der Waals surface area contributed by atoms with Gasteiger partial charge in [0.15, 0.2) is 11.6 Å². The van der Waals surface area contributed by atoms with E-state index in [0.717, 1.165) is 37.7 Å². The lowest BCUT2D eigenvalue weighted by Gasteiger charge is -2.60. The average Bonchev–Trinajstić information content (AvgIpc) is 3.07. The Kier molecular flexibility index (Phi) is 2.23. The van der Waals surface area contributed by atoms with Crippen LogP contribution in [-0.2, 0) is 9.59 Å². The highest BCUT2D eigenvalue weighted by Gasteiger charge is 2.87. The summed E-state index contributed by atoms with van der Waals surface area (Å²) in [6.07, 6.45) is 4.71. The maximum Gasteiger partial charge on any atom is 0.153 e. The van der Waals surface area contributed by atoms with E-state index in [1.807, 2.05) is 0 Å². The van der Waals surface area contributed by atoms with Crippen molar-refractivity contribution < 1.29 is 9.59 Å². The molecular weight excluding hydrogens is 296 g/mol. The van der Waals surface area contributed by atoms with Gasteiger partial charge in [0, 0.05) is 11.3 Å². The number of Topliss-reactive ketones (excluding diaryl/α,β-unsaturated/α-hetero) is 2. The molecule has 1 unspecified atom stereocenters. The van der Waals surface area contributed by atoms with E-state index in [1.165, 1.54) is 0 Å². The quantitative estimate of drug-likeness (QED) is 0.387. The van der Waals surface area contributed by atoms with Gasteiger partial charge in [-0.3, -0.25) is 9.59 Å². The van der Waals surface area contributed by atoms with E-state index in [0.29, 0.717) is 23.4 Å². The van der Waals surface area contributed by atoms with Crippen molar-refractivity contribution in [3.63, 3.8) is 0 Å². The summed E-state index contributed by atoms with van der Waals surface area (Å²) in [4.78, 5) is 26.3. The summed E-state index contributed by atoms with van der Waals surface area (Å²) < 4.78 is 0. The lowest BCUT2D eigenvalue weighted by Crippen LogP contribution is -2.61. The number of carbonyl (C=O) groups excluding carboxylic acids is 2. The average molecular weight is 319 g/mol. The van der Waals surface area contributed by atoms with Crippen molar-refractivity contribution in [3.8, 4) is 0 Å². The predicted molar refractivity (Wildman–Crippen MR) is 84.5 cm³/mol. The topological polar surface area (TPSA) is 34.1 Å². The summed E-state index contributed by atoms with van der Waals surface area (Å²) in [7, 11) is 0. The number of alkyl halides is 1. The van der Waals surface area contributed by atoms with Gasteiger partial charge in [0.1, 0.15) is 0 Å². The van der Waals surface area contributed by atoms with Gasteiger partial charge < -0.3 is 0 Å². The molecule has 1 spiro atoms. The van der Waals surface area contributed by atoms with Crippen LogP contribution in [0, 0.1) is 39.9 Å². The van der Waals surface area contributed by atoms with E-state index < -0.39 is 5.41 Å². The van der Waals surface area contributed by atoms with Gasteiger partial charge in [0.2, 0.25) is 0 Å². The van der Waals surface area contributed by atoms with Crippen LogP contribution in [-0.4, -0.2) is 16.9 Å². The van der Waals surface area contributed by atoms with Gasteiger partial charge in [0.05, 0.1) is 10.8 Å². The molecule has 6 rings (SSSR count). The number of hydrogen-bond donors (Lipinski definition) is 0. The first-order valence-corrected chi connectivity index (χ1v) is 9.15. The van der Waals surface area contributed by atoms with Crippen LogP contribution < -0.4 is 0 Å². The fraction of sp³-hybridized carbons (Fsp3) is 0.789. The highest BCUT2D eigenvalue weighted by Crippen LogP contribution is 2.81. The zero-order chi connectivity index (χ0) is 15.7. The minimum atomic E-state index is -0.640. The molecule has 0 amide bonds. The van der Waals surface area contributed by atoms with E-state index in [4.69, 9.17) is 11.6 Å². The van der Waals surface area contributed by atoms with Crippen molar-refractivity contribution in [1.82, 2.24) is 0 Å². The Morgan fingerprint density at radius 3 is 2.55 bits per heavy atom. The van der Waals surface area contributed by atoms with Gasteiger partial charge in [-0.05, 0) is 55.3 Å². The predicted octanol–water partition coefficient (Wildman–Crippen LogP) is 3.77. The van der Waals surface area contributed by atoms with Crippen LogP contribution in [0.5, 0.6) is 0 Å². The van der Waals surface area contributed by atoms with E-state index in [-0.39, 0.29) is 28.0 Å². The fourth-order valence-electron chi connectivity index (χ4n) is 7.39. The molecule has 0 saturated heterocycles. The molecule has 6 aliphatic carbocycles. The second-order valence-corrected chi connectivity index (χ2v) is 9.52. The van der Waals surface area contributed by atoms with Gasteiger partial charge in [-0.25, -0.2) is 0 Å². The van der Waals surface area contributed by atoms with E-state index in [9.17, 15) is 9.59 Å². The molecule has 2 nitrogen and oxygen atoms in total. The molecule has 0 heterocycles. The lowest BCUT2D eigenvalue weighted by atomic mass is 9.42. The molecule has 3 heteroatoms. The molecular formula is C19H23ClO2. The molecule has 0 aliphatic heterocycles. The summed E-state index contributed by atoms with van der Waals surface area (Å²) in [6.45, 7) is 8.64. The molecule has 0 N–H and O–H groups in total. The highest BCUT2D eigenvalue weighted by molar-refractivity contribution is 6.23. The van der Waals surface area contributed by atoms with E-state index in [1.54, 1.807) is 0 Å². The Labute approximate surface area is 136 Å². The maximum absolute atomic E-state index is 13.2. The summed E-state index contributed by atoms with van der Waals surface area (Å²) in [6, 6.07) is 0. The summed E-state index contributed by atoms with van der Waals surface area (Å²) in [5.74, 6) is 1.62. The number of ketones is 2. The molecule has 0 radical (unpaired) electrons. The Morgan fingerprint density at radius 1 is 1.18 bits per heavy atom. The van der Waals surface area contributed by atoms with Gasteiger partial charge in [-0.2, -0.15) is 0 Å². The number of halogens is 1. The molecule has 0 aromatic heterocycles. The zero-order valence-electron chi connectivity index (χ0n) is 13.3. The van der Waals surface area contributed by atoms with Gasteiger partial charge >= 0.3 is 0 Å². The third-order valence-electron chi connectivity index (χ3n) is 8.62. The van der Waals surface area contributed by atoms with Crippen molar-refractivity contribution in [2.75, 3.05) is 0 Å². The molecule has 0 aromatic rings. The molecule has 6 aliphatic rings. The zero-order valence-corrected chi connectivity index (χ0v) is 14.1. The lowest BCUT2D eigenvalue weighted by molar-refractivity contribution is -0.166. The van der Waals surface area contributed by atoms with E-state index >= 15 is 0 Å². The third-order valence-corrected chi connectivity index (χ3v) is 9.11. The van der Waals surface area contributed by atoms with Crippen LogP contribution in [0.1, 0.15) is 46.0 Å². The molecule has 4 bridgehead atoms. The largest absolute Gasteiger partial charge is 0.298 e. The van der Waals surface area contributed by atoms with Crippen LogP contribution in [0.4, 0.5) is 0 Å². The smallest absolute Gasteiger partial charge is 0.153 e. The summed E-state index contributed by atoms with van der Waals surface area (Å²) in [5, 5.41) is 0.0717. The third kappa shape index (κ3) is 1.09. The van der Waals surface area contributed by atoms with Crippen molar-refractivity contribution >= 4 is 23.2 Å². The van der Waals surface area contributed by atoms with Gasteiger partial charge in [-0.15, -0.1) is 11.6 Å². The molecule has 118 valence electrons. The number of carbonyl (C=O) groups is 2. The standard InChI is InChI=1S/C19H23ClO2/c1-9-10-4-7-19-13(17(10,2)6-5-12(9)20)8-11-14(15(19)21)18(11,3)16(19)22/h10-14H,1,4-8H2,2-3H3/t10-,11+,12+,13+,14?,17-,18-,19+/m1/s1. The number of allylic oxidation sites excluding steroid dienone is 1. The number of fused-ring (bicyclic) bond motifs is 1. The van der Waals surface area contributed by atoms with E-state index in [2.05, 4.69) is 20.4 Å². The Balaban J connectivity index is 1.64. The van der Waals surface area contributed by atoms with Crippen molar-refractivity contribution in [3.05, 3.63) is 12.2 Å². The molecule has 0 aromatic carbocycles. The Hall–Kier alpha value is -0.630.